The van der Waals surface area contributed by atoms with Crippen LogP contribution >= 0.6 is 0 Å². The number of hydrogen-bond acceptors (Lipinski definition) is 9. The Labute approximate surface area is 279 Å². The minimum absolute atomic E-state index is 0.00974. The highest BCUT2D eigenvalue weighted by atomic mass is 16.6. The van der Waals surface area contributed by atoms with Gasteiger partial charge in [-0.3, -0.25) is 4.79 Å². The number of H-pyrrole nitrogens is 1. The van der Waals surface area contributed by atoms with Crippen LogP contribution in [0, 0.1) is 0 Å². The first-order chi connectivity index (χ1) is 23.4. The van der Waals surface area contributed by atoms with Crippen molar-refractivity contribution in [3.63, 3.8) is 0 Å². The molecule has 1 aromatic heterocycles. The second-order valence-electron chi connectivity index (χ2n) is 11.3. The Hall–Kier alpha value is -4.78. The summed E-state index contributed by atoms with van der Waals surface area (Å²) in [5, 5.41) is 26.3. The highest BCUT2D eigenvalue weighted by Crippen LogP contribution is 2.25. The number of aliphatic hydroxyl groups excluding tert-OH is 1. The number of aromatic hydroxyl groups is 1. The van der Waals surface area contributed by atoms with E-state index in [1.807, 2.05) is 54.6 Å². The number of ether oxygens (including phenoxy) is 4. The monoisotopic (exact) mass is 655 g/mol. The number of amides is 1. The maximum atomic E-state index is 13.6. The minimum atomic E-state index is -1.34. The lowest BCUT2D eigenvalue weighted by molar-refractivity contribution is -0.146. The number of rotatable bonds is 10. The molecule has 4 atom stereocenters. The van der Waals surface area contributed by atoms with Gasteiger partial charge >= 0.3 is 5.97 Å². The number of hydrogen-bond donors (Lipinski definition) is 5. The lowest BCUT2D eigenvalue weighted by atomic mass is 10.00. The van der Waals surface area contributed by atoms with Gasteiger partial charge in [-0.2, -0.15) is 0 Å². The van der Waals surface area contributed by atoms with Crippen LogP contribution in [0.1, 0.15) is 27.0 Å². The van der Waals surface area contributed by atoms with E-state index in [1.165, 1.54) is 6.07 Å². The Morgan fingerprint density at radius 2 is 1.83 bits per heavy atom. The van der Waals surface area contributed by atoms with Crippen molar-refractivity contribution in [3.8, 4) is 5.75 Å². The molecule has 1 amide bonds. The van der Waals surface area contributed by atoms with Crippen LogP contribution in [-0.2, 0) is 36.8 Å². The maximum Gasteiger partial charge on any atom is 0.342 e. The summed E-state index contributed by atoms with van der Waals surface area (Å²) < 4.78 is 24.0. The van der Waals surface area contributed by atoms with Crippen molar-refractivity contribution in [2.75, 3.05) is 33.0 Å². The first-order valence-corrected chi connectivity index (χ1v) is 15.8. The molecule has 0 saturated carbocycles. The molecule has 3 aromatic carbocycles. The zero-order valence-corrected chi connectivity index (χ0v) is 26.5. The van der Waals surface area contributed by atoms with Crippen molar-refractivity contribution in [1.29, 1.82) is 0 Å². The highest BCUT2D eigenvalue weighted by molar-refractivity contribution is 5.96. The Balaban J connectivity index is 1.47. The topological polar surface area (TPSA) is 165 Å². The van der Waals surface area contributed by atoms with Crippen molar-refractivity contribution in [3.05, 3.63) is 119 Å². The number of benzene rings is 3. The van der Waals surface area contributed by atoms with Gasteiger partial charge in [-0.1, -0.05) is 85.0 Å². The van der Waals surface area contributed by atoms with Gasteiger partial charge in [0.25, 0.3) is 0 Å². The molecule has 4 aromatic rings. The lowest BCUT2D eigenvalue weighted by Crippen LogP contribution is -2.56. The number of nitrogens with one attached hydrogen (secondary N) is 2. The van der Waals surface area contributed by atoms with E-state index in [4.69, 9.17) is 24.7 Å². The summed E-state index contributed by atoms with van der Waals surface area (Å²) in [5.74, 6) is -1.46. The summed E-state index contributed by atoms with van der Waals surface area (Å²) in [6, 6.07) is 20.8. The number of aliphatic hydroxyl groups is 1. The predicted octanol–water partition coefficient (Wildman–Crippen LogP) is 3.65. The fourth-order valence-corrected chi connectivity index (χ4v) is 5.53. The highest BCUT2D eigenvalue weighted by Gasteiger charge is 2.37. The minimum Gasteiger partial charge on any atom is -0.507 e. The number of aromatic amines is 1. The largest absolute Gasteiger partial charge is 0.507 e. The van der Waals surface area contributed by atoms with Crippen molar-refractivity contribution in [2.24, 2.45) is 5.73 Å². The van der Waals surface area contributed by atoms with Crippen LogP contribution in [-0.4, -0.2) is 84.4 Å². The molecule has 5 rings (SSSR count). The average Bonchev–Trinajstić information content (AvgIpc) is 3.50. The maximum absolute atomic E-state index is 13.6. The van der Waals surface area contributed by atoms with Gasteiger partial charge in [-0.05, 0) is 28.8 Å². The zero-order chi connectivity index (χ0) is 33.7. The second-order valence-corrected chi connectivity index (χ2v) is 11.3. The van der Waals surface area contributed by atoms with Gasteiger partial charge in [-0.15, -0.1) is 0 Å². The van der Waals surface area contributed by atoms with Gasteiger partial charge in [0.15, 0.2) is 0 Å². The Morgan fingerprint density at radius 1 is 1.02 bits per heavy atom. The number of phenols is 1. The zero-order valence-electron chi connectivity index (χ0n) is 26.5. The van der Waals surface area contributed by atoms with Crippen molar-refractivity contribution < 1.29 is 38.7 Å². The fourth-order valence-electron chi connectivity index (χ4n) is 5.53. The molecule has 0 fully saturated rings. The number of carbonyl (C=O) groups is 2. The molecule has 11 nitrogen and oxygen atoms in total. The SMILES string of the molecule is NC/C=C/COC1[C@@H](NC(=O)Cc2c[nH]c3ccccc23)COC(=O)c2c(O)cccc2/C=C/COC[C@@H](OCc2ccccc2)[C@H]1O. The number of cyclic esters (lactones) is 1. The van der Waals surface area contributed by atoms with E-state index < -0.39 is 30.3 Å². The first kappa shape index (κ1) is 34.6. The van der Waals surface area contributed by atoms with Gasteiger partial charge in [0.1, 0.15) is 36.2 Å². The summed E-state index contributed by atoms with van der Waals surface area (Å²) in [6.45, 7) is 0.231. The van der Waals surface area contributed by atoms with E-state index in [0.717, 1.165) is 22.0 Å². The molecule has 1 aliphatic rings. The van der Waals surface area contributed by atoms with Crippen LogP contribution in [0.4, 0.5) is 0 Å². The number of phenolic OH excluding ortho intramolecular Hbond substituents is 1. The van der Waals surface area contributed by atoms with Gasteiger partial charge in [0.05, 0.1) is 38.9 Å². The molecule has 0 radical (unpaired) electrons. The predicted molar refractivity (Wildman–Crippen MR) is 181 cm³/mol. The number of nitrogens with two attached hydrogens (primary N) is 1. The van der Waals surface area contributed by atoms with Gasteiger partial charge in [0.2, 0.25) is 5.91 Å². The lowest BCUT2D eigenvalue weighted by Gasteiger charge is -2.35. The Kier molecular flexibility index (Phi) is 12.5. The van der Waals surface area contributed by atoms with Crippen molar-refractivity contribution >= 4 is 28.9 Å². The third-order valence-corrected chi connectivity index (χ3v) is 7.95. The molecule has 0 bridgehead atoms. The average molecular weight is 656 g/mol. The van der Waals surface area contributed by atoms with Crippen LogP contribution in [0.2, 0.25) is 0 Å². The smallest absolute Gasteiger partial charge is 0.342 e. The van der Waals surface area contributed by atoms with E-state index in [2.05, 4.69) is 10.3 Å². The van der Waals surface area contributed by atoms with Gasteiger partial charge < -0.3 is 45.2 Å². The number of esters is 1. The van der Waals surface area contributed by atoms with Gasteiger partial charge in [0, 0.05) is 23.6 Å². The molecule has 252 valence electrons. The standard InChI is InChI=1S/C37H41N3O8/c38-17-6-7-19-46-36-30(40-33(42)20-27-21-39-29-15-5-4-14-28(27)29)23-48-37(44)34-26(12-8-16-31(34)41)13-9-18-45-24-32(35(36)43)47-22-25-10-2-1-3-11-25/h1-16,21,30,32,35-36,39,41,43H,17-20,22-24,38H2,(H,40,42)/b7-6+,13-9+/t30-,32+,35+,36?/m0/s1. The van der Waals surface area contributed by atoms with Crippen LogP contribution < -0.4 is 11.1 Å². The summed E-state index contributed by atoms with van der Waals surface area (Å²) >= 11 is 0. The van der Waals surface area contributed by atoms with Gasteiger partial charge in [-0.25, -0.2) is 4.79 Å². The van der Waals surface area contributed by atoms with Crippen molar-refractivity contribution in [1.82, 2.24) is 10.3 Å². The van der Waals surface area contributed by atoms with E-state index in [9.17, 15) is 19.8 Å². The quantitative estimate of drug-likeness (QED) is 0.127. The third kappa shape index (κ3) is 9.18. The number of aromatic nitrogens is 1. The van der Waals surface area contributed by atoms with Crippen LogP contribution in [0.3, 0.4) is 0 Å². The summed E-state index contributed by atoms with van der Waals surface area (Å²) in [7, 11) is 0. The molecule has 1 aliphatic heterocycles. The first-order valence-electron chi connectivity index (χ1n) is 15.8. The molecule has 48 heavy (non-hydrogen) atoms. The summed E-state index contributed by atoms with van der Waals surface area (Å²) in [6.07, 6.45) is 5.16. The molecule has 0 aliphatic carbocycles. The third-order valence-electron chi connectivity index (χ3n) is 7.95. The number of fused-ring (bicyclic) bond motifs is 2. The van der Waals surface area contributed by atoms with E-state index in [-0.39, 0.29) is 63.2 Å². The van der Waals surface area contributed by atoms with E-state index in [1.54, 1.807) is 42.6 Å². The molecule has 2 heterocycles. The second kappa shape index (κ2) is 17.4. The van der Waals surface area contributed by atoms with Crippen molar-refractivity contribution in [2.45, 2.75) is 37.4 Å². The number of para-hydroxylation sites is 1. The van der Waals surface area contributed by atoms with Crippen LogP contribution in [0.5, 0.6) is 5.75 Å². The molecular formula is C37H41N3O8. The molecule has 1 unspecified atom stereocenters. The number of carbonyl (C=O) groups excluding carboxylic acids is 2. The van der Waals surface area contributed by atoms with E-state index >= 15 is 0 Å². The molecular weight excluding hydrogens is 614 g/mol. The normalized spacial score (nSPS) is 21.3. The molecule has 6 N–H and O–H groups in total. The van der Waals surface area contributed by atoms with Crippen LogP contribution in [0.25, 0.3) is 17.0 Å². The fraction of sp³-hybridized carbons (Fsp3) is 0.297. The Morgan fingerprint density at radius 3 is 2.67 bits per heavy atom. The molecule has 0 spiro atoms. The molecule has 11 heteroatoms. The van der Waals surface area contributed by atoms with E-state index in [0.29, 0.717) is 5.56 Å². The molecule has 0 saturated heterocycles. The Bertz CT molecular complexity index is 1700. The summed E-state index contributed by atoms with van der Waals surface area (Å²) in [5.41, 5.74) is 8.57. The van der Waals surface area contributed by atoms with Crippen LogP contribution in [0.15, 0.2) is 97.2 Å². The summed E-state index contributed by atoms with van der Waals surface area (Å²) in [4.78, 5) is 30.2.